The molecule has 130 valence electrons. The van der Waals surface area contributed by atoms with E-state index in [0.717, 1.165) is 19.3 Å². The Bertz CT molecular complexity index is 580. The maximum atomic E-state index is 12.4. The molecule has 24 heavy (non-hydrogen) atoms. The number of hydrogen-bond donors (Lipinski definition) is 0. The Morgan fingerprint density at radius 3 is 2.54 bits per heavy atom. The summed E-state index contributed by atoms with van der Waals surface area (Å²) in [6.07, 6.45) is 3.26. The molecule has 1 spiro atoms. The predicted molar refractivity (Wildman–Crippen MR) is 91.3 cm³/mol. The van der Waals surface area contributed by atoms with E-state index < -0.39 is 0 Å². The summed E-state index contributed by atoms with van der Waals surface area (Å²) in [6.45, 7) is 4.71. The lowest BCUT2D eigenvalue weighted by molar-refractivity contribution is -0.140. The van der Waals surface area contributed by atoms with Crippen LogP contribution in [0.5, 0.6) is 0 Å². The highest BCUT2D eigenvalue weighted by atomic mass is 16.5. The first-order valence-electron chi connectivity index (χ1n) is 8.84. The molecule has 0 unspecified atom stereocenters. The zero-order valence-corrected chi connectivity index (χ0v) is 14.4. The van der Waals surface area contributed by atoms with Gasteiger partial charge in [-0.1, -0.05) is 30.3 Å². The first kappa shape index (κ1) is 17.0. The van der Waals surface area contributed by atoms with Crippen LogP contribution >= 0.6 is 0 Å². The number of carbonyl (C=O) groups excluding carboxylic acids is 2. The summed E-state index contributed by atoms with van der Waals surface area (Å²) < 4.78 is 5.23. The van der Waals surface area contributed by atoms with Gasteiger partial charge in [-0.15, -0.1) is 0 Å². The summed E-state index contributed by atoms with van der Waals surface area (Å²) in [5.74, 6) is 0.304. The van der Waals surface area contributed by atoms with Crippen LogP contribution < -0.4 is 0 Å². The van der Waals surface area contributed by atoms with Gasteiger partial charge in [-0.05, 0) is 31.7 Å². The average molecular weight is 330 g/mol. The summed E-state index contributed by atoms with van der Waals surface area (Å²) >= 11 is 0. The number of rotatable bonds is 5. The molecule has 5 nitrogen and oxygen atoms in total. The van der Waals surface area contributed by atoms with E-state index in [1.54, 1.807) is 0 Å². The second-order valence-electron chi connectivity index (χ2n) is 6.71. The van der Waals surface area contributed by atoms with Crippen molar-refractivity contribution in [1.82, 2.24) is 9.80 Å². The zero-order chi connectivity index (χ0) is 17.0. The Hall–Kier alpha value is -1.88. The van der Waals surface area contributed by atoms with E-state index in [1.165, 1.54) is 5.56 Å². The molecular weight excluding hydrogens is 304 g/mol. The molecule has 0 saturated carbocycles. The fourth-order valence-corrected chi connectivity index (χ4v) is 3.87. The van der Waals surface area contributed by atoms with Crippen molar-refractivity contribution < 1.29 is 14.3 Å². The van der Waals surface area contributed by atoms with Gasteiger partial charge in [0.2, 0.25) is 11.8 Å². The van der Waals surface area contributed by atoms with Gasteiger partial charge >= 0.3 is 0 Å². The second kappa shape index (κ2) is 7.34. The van der Waals surface area contributed by atoms with Crippen molar-refractivity contribution in [2.75, 3.05) is 26.3 Å². The molecular formula is C19H26N2O3. The van der Waals surface area contributed by atoms with Crippen LogP contribution in [0.2, 0.25) is 0 Å². The molecule has 2 aliphatic heterocycles. The van der Waals surface area contributed by atoms with Crippen LogP contribution in [0.15, 0.2) is 30.3 Å². The number of benzene rings is 1. The largest absolute Gasteiger partial charge is 0.372 e. The number of piperidine rings is 1. The molecule has 0 aromatic heterocycles. The summed E-state index contributed by atoms with van der Waals surface area (Å²) in [4.78, 5) is 28.5. The Balaban J connectivity index is 1.65. The fourth-order valence-electron chi connectivity index (χ4n) is 3.87. The van der Waals surface area contributed by atoms with Gasteiger partial charge in [0.1, 0.15) is 6.61 Å². The standard InChI is InChI=1S/C19H26N2O3/c1-2-24-15-18(23)20-12-10-19(11-13-20)9-8-17(22)21(19)14-16-6-4-3-5-7-16/h3-7H,2,8-15H2,1H3. The summed E-state index contributed by atoms with van der Waals surface area (Å²) in [5.41, 5.74) is 1.09. The molecule has 0 atom stereocenters. The molecule has 0 N–H and O–H groups in total. The molecule has 1 aromatic carbocycles. The highest BCUT2D eigenvalue weighted by molar-refractivity contribution is 5.80. The Morgan fingerprint density at radius 1 is 1.17 bits per heavy atom. The van der Waals surface area contributed by atoms with Crippen molar-refractivity contribution in [3.05, 3.63) is 35.9 Å². The van der Waals surface area contributed by atoms with Crippen molar-refractivity contribution in [2.24, 2.45) is 0 Å². The van der Waals surface area contributed by atoms with Gasteiger partial charge in [-0.25, -0.2) is 0 Å². The van der Waals surface area contributed by atoms with Crippen LogP contribution in [0.1, 0.15) is 38.2 Å². The minimum atomic E-state index is -0.0741. The molecule has 2 saturated heterocycles. The number of hydrogen-bond acceptors (Lipinski definition) is 3. The summed E-state index contributed by atoms with van der Waals surface area (Å²) in [5, 5.41) is 0. The average Bonchev–Trinajstić information content (AvgIpc) is 2.91. The minimum Gasteiger partial charge on any atom is -0.372 e. The lowest BCUT2D eigenvalue weighted by atomic mass is 9.84. The third kappa shape index (κ3) is 3.46. The van der Waals surface area contributed by atoms with Crippen molar-refractivity contribution >= 4 is 11.8 Å². The van der Waals surface area contributed by atoms with Gasteiger partial charge in [-0.2, -0.15) is 0 Å². The maximum Gasteiger partial charge on any atom is 0.248 e. The number of ether oxygens (including phenoxy) is 1. The normalized spacial score (nSPS) is 20.0. The third-order valence-corrected chi connectivity index (χ3v) is 5.34. The van der Waals surface area contributed by atoms with E-state index in [-0.39, 0.29) is 24.0 Å². The zero-order valence-electron chi connectivity index (χ0n) is 14.4. The van der Waals surface area contributed by atoms with Crippen molar-refractivity contribution in [3.8, 4) is 0 Å². The van der Waals surface area contributed by atoms with Crippen LogP contribution in [0.3, 0.4) is 0 Å². The van der Waals surface area contributed by atoms with Crippen molar-refractivity contribution in [2.45, 2.75) is 44.7 Å². The van der Waals surface area contributed by atoms with Gasteiger partial charge in [0.25, 0.3) is 0 Å². The van der Waals surface area contributed by atoms with Crippen molar-refractivity contribution in [1.29, 1.82) is 0 Å². The van der Waals surface area contributed by atoms with E-state index in [0.29, 0.717) is 32.7 Å². The van der Waals surface area contributed by atoms with Gasteiger partial charge in [0, 0.05) is 38.2 Å². The second-order valence-corrected chi connectivity index (χ2v) is 6.71. The molecule has 5 heteroatoms. The predicted octanol–water partition coefficient (Wildman–Crippen LogP) is 2.21. The molecule has 1 aromatic rings. The van der Waals surface area contributed by atoms with Crippen molar-refractivity contribution in [3.63, 3.8) is 0 Å². The van der Waals surface area contributed by atoms with Crippen LogP contribution in [0.25, 0.3) is 0 Å². The van der Waals surface area contributed by atoms with E-state index in [1.807, 2.05) is 30.0 Å². The van der Waals surface area contributed by atoms with E-state index in [4.69, 9.17) is 4.74 Å². The number of likely N-dealkylation sites (tertiary alicyclic amines) is 2. The monoisotopic (exact) mass is 330 g/mol. The quantitative estimate of drug-likeness (QED) is 0.832. The molecule has 0 radical (unpaired) electrons. The SMILES string of the molecule is CCOCC(=O)N1CCC2(CCC(=O)N2Cc2ccccc2)CC1. The molecule has 2 amide bonds. The van der Waals surface area contributed by atoms with Crippen LogP contribution in [-0.2, 0) is 20.9 Å². The van der Waals surface area contributed by atoms with Crippen LogP contribution in [-0.4, -0.2) is 53.5 Å². The molecule has 2 fully saturated rings. The topological polar surface area (TPSA) is 49.9 Å². The van der Waals surface area contributed by atoms with Gasteiger partial charge in [-0.3, -0.25) is 9.59 Å². The third-order valence-electron chi connectivity index (χ3n) is 5.34. The lowest BCUT2D eigenvalue weighted by Gasteiger charge is -2.45. The smallest absolute Gasteiger partial charge is 0.248 e. The highest BCUT2D eigenvalue weighted by Crippen LogP contribution is 2.40. The van der Waals surface area contributed by atoms with Gasteiger partial charge in [0.15, 0.2) is 0 Å². The molecule has 2 heterocycles. The molecule has 2 aliphatic rings. The van der Waals surface area contributed by atoms with E-state index in [2.05, 4.69) is 17.0 Å². The number of carbonyl (C=O) groups is 2. The summed E-state index contributed by atoms with van der Waals surface area (Å²) in [7, 11) is 0. The van der Waals surface area contributed by atoms with E-state index in [9.17, 15) is 9.59 Å². The van der Waals surface area contributed by atoms with Gasteiger partial charge in [0.05, 0.1) is 0 Å². The fraction of sp³-hybridized carbons (Fsp3) is 0.579. The maximum absolute atomic E-state index is 12.4. The Labute approximate surface area is 143 Å². The molecule has 0 bridgehead atoms. The minimum absolute atomic E-state index is 0.0608. The molecule has 0 aliphatic carbocycles. The number of amides is 2. The first-order chi connectivity index (χ1) is 11.6. The lowest BCUT2D eigenvalue weighted by Crippen LogP contribution is -2.54. The first-order valence-corrected chi connectivity index (χ1v) is 8.84. The van der Waals surface area contributed by atoms with Crippen LogP contribution in [0, 0.1) is 0 Å². The Kier molecular flexibility index (Phi) is 5.19. The molecule has 3 rings (SSSR count). The Morgan fingerprint density at radius 2 is 1.88 bits per heavy atom. The number of nitrogens with zero attached hydrogens (tertiary/aromatic N) is 2. The van der Waals surface area contributed by atoms with Crippen LogP contribution in [0.4, 0.5) is 0 Å². The highest BCUT2D eigenvalue weighted by Gasteiger charge is 2.47. The van der Waals surface area contributed by atoms with Gasteiger partial charge < -0.3 is 14.5 Å². The van der Waals surface area contributed by atoms with E-state index >= 15 is 0 Å². The summed E-state index contributed by atoms with van der Waals surface area (Å²) in [6, 6.07) is 10.2.